The minimum Gasteiger partial charge on any atom is -0.493 e. The van der Waals surface area contributed by atoms with Crippen molar-refractivity contribution in [2.45, 2.75) is 51.7 Å². The van der Waals surface area contributed by atoms with Crippen molar-refractivity contribution in [2.24, 2.45) is 0 Å². The minimum atomic E-state index is -0.660. The fourth-order valence-electron chi connectivity index (χ4n) is 2.57. The van der Waals surface area contributed by atoms with Crippen LogP contribution in [0.25, 0.3) is 0 Å². The minimum absolute atomic E-state index is 0.249. The summed E-state index contributed by atoms with van der Waals surface area (Å²) in [6, 6.07) is 3.53. The van der Waals surface area contributed by atoms with Crippen LogP contribution in [0.2, 0.25) is 0 Å². The van der Waals surface area contributed by atoms with Gasteiger partial charge < -0.3 is 14.0 Å². The van der Waals surface area contributed by atoms with Crippen molar-refractivity contribution in [2.75, 3.05) is 6.61 Å². The van der Waals surface area contributed by atoms with Gasteiger partial charge in [0.05, 0.1) is 17.8 Å². The van der Waals surface area contributed by atoms with E-state index in [9.17, 15) is 4.39 Å². The first-order valence-electron chi connectivity index (χ1n) is 7.11. The predicted octanol–water partition coefficient (Wildman–Crippen LogP) is 2.45. The van der Waals surface area contributed by atoms with Crippen molar-refractivity contribution < 1.29 is 18.4 Å². The maximum atomic E-state index is 14.7. The lowest BCUT2D eigenvalue weighted by Crippen LogP contribution is -2.41. The molecule has 20 heavy (non-hydrogen) atoms. The zero-order valence-electron chi connectivity index (χ0n) is 12.5. The number of halogens is 1. The molecule has 1 saturated heterocycles. The molecule has 0 amide bonds. The van der Waals surface area contributed by atoms with Gasteiger partial charge in [0.2, 0.25) is 0 Å². The lowest BCUT2D eigenvalue weighted by Gasteiger charge is -2.32. The standard InChI is InChI=1S/C15H20BFO3/c1-14(2)15(3,4)20-16(19-14)11-7-8-12-10(13(11)17)6-5-9-18-12/h7-8H,5-6,9H2,1-4H3. The van der Waals surface area contributed by atoms with Crippen LogP contribution in [0.4, 0.5) is 4.39 Å². The largest absolute Gasteiger partial charge is 0.497 e. The number of benzene rings is 1. The normalized spacial score (nSPS) is 23.4. The molecule has 2 heterocycles. The van der Waals surface area contributed by atoms with E-state index >= 15 is 0 Å². The van der Waals surface area contributed by atoms with Gasteiger partial charge in [0.25, 0.3) is 0 Å². The Hall–Kier alpha value is -1.07. The van der Waals surface area contributed by atoms with E-state index in [0.29, 0.717) is 29.8 Å². The van der Waals surface area contributed by atoms with E-state index in [1.54, 1.807) is 6.07 Å². The Balaban J connectivity index is 1.96. The number of hydrogen-bond donors (Lipinski definition) is 0. The van der Waals surface area contributed by atoms with Crippen LogP contribution < -0.4 is 10.2 Å². The Morgan fingerprint density at radius 1 is 1.10 bits per heavy atom. The third-order valence-corrected chi connectivity index (χ3v) is 4.57. The van der Waals surface area contributed by atoms with Gasteiger partial charge in [-0.2, -0.15) is 0 Å². The Morgan fingerprint density at radius 2 is 1.75 bits per heavy atom. The molecule has 2 aliphatic heterocycles. The highest BCUT2D eigenvalue weighted by Gasteiger charge is 2.52. The molecule has 108 valence electrons. The van der Waals surface area contributed by atoms with E-state index in [0.717, 1.165) is 6.42 Å². The summed E-state index contributed by atoms with van der Waals surface area (Å²) >= 11 is 0. The van der Waals surface area contributed by atoms with Crippen molar-refractivity contribution >= 4 is 12.6 Å². The average Bonchev–Trinajstić information content (AvgIpc) is 2.59. The van der Waals surface area contributed by atoms with Crippen molar-refractivity contribution in [3.05, 3.63) is 23.5 Å². The third-order valence-electron chi connectivity index (χ3n) is 4.57. The highest BCUT2D eigenvalue weighted by atomic mass is 19.1. The fraction of sp³-hybridized carbons (Fsp3) is 0.600. The summed E-state index contributed by atoms with van der Waals surface area (Å²) in [7, 11) is -0.660. The summed E-state index contributed by atoms with van der Waals surface area (Å²) in [4.78, 5) is 0. The van der Waals surface area contributed by atoms with Crippen LogP contribution >= 0.6 is 0 Å². The predicted molar refractivity (Wildman–Crippen MR) is 75.9 cm³/mol. The molecule has 0 bridgehead atoms. The van der Waals surface area contributed by atoms with Crippen LogP contribution in [0.15, 0.2) is 12.1 Å². The van der Waals surface area contributed by atoms with E-state index in [-0.39, 0.29) is 5.82 Å². The van der Waals surface area contributed by atoms with Crippen LogP contribution in [-0.2, 0) is 15.7 Å². The molecule has 0 N–H and O–H groups in total. The smallest absolute Gasteiger partial charge is 0.493 e. The van der Waals surface area contributed by atoms with Gasteiger partial charge in [0.1, 0.15) is 11.6 Å². The molecule has 3 nitrogen and oxygen atoms in total. The third kappa shape index (κ3) is 2.04. The van der Waals surface area contributed by atoms with E-state index in [4.69, 9.17) is 14.0 Å². The van der Waals surface area contributed by atoms with Gasteiger partial charge in [-0.25, -0.2) is 4.39 Å². The van der Waals surface area contributed by atoms with Gasteiger partial charge in [0.15, 0.2) is 0 Å². The molecule has 0 aliphatic carbocycles. The number of ether oxygens (including phenoxy) is 1. The van der Waals surface area contributed by atoms with Gasteiger partial charge in [-0.15, -0.1) is 0 Å². The highest BCUT2D eigenvalue weighted by molar-refractivity contribution is 6.62. The molecule has 0 spiro atoms. The van der Waals surface area contributed by atoms with Crippen molar-refractivity contribution in [1.29, 1.82) is 0 Å². The van der Waals surface area contributed by atoms with Gasteiger partial charge in [-0.3, -0.25) is 0 Å². The van der Waals surface area contributed by atoms with Crippen LogP contribution in [0, 0.1) is 5.82 Å². The van der Waals surface area contributed by atoms with Gasteiger partial charge in [-0.05, 0) is 46.6 Å². The molecule has 0 saturated carbocycles. The molecule has 3 rings (SSSR count). The quantitative estimate of drug-likeness (QED) is 0.738. The lowest BCUT2D eigenvalue weighted by molar-refractivity contribution is 0.00578. The summed E-state index contributed by atoms with van der Waals surface area (Å²) in [6.45, 7) is 8.51. The van der Waals surface area contributed by atoms with E-state index < -0.39 is 18.3 Å². The summed E-state index contributed by atoms with van der Waals surface area (Å²) in [6.07, 6.45) is 1.55. The zero-order valence-corrected chi connectivity index (χ0v) is 12.5. The van der Waals surface area contributed by atoms with E-state index in [1.807, 2.05) is 33.8 Å². The molecule has 5 heteroatoms. The second kappa shape index (κ2) is 4.47. The molecule has 1 aromatic carbocycles. The summed E-state index contributed by atoms with van der Waals surface area (Å²) in [5.41, 5.74) is 0.184. The first-order chi connectivity index (χ1) is 9.32. The monoisotopic (exact) mass is 278 g/mol. The molecule has 0 radical (unpaired) electrons. The van der Waals surface area contributed by atoms with Gasteiger partial charge >= 0.3 is 7.12 Å². The molecule has 1 aromatic rings. The lowest BCUT2D eigenvalue weighted by atomic mass is 9.77. The first-order valence-corrected chi connectivity index (χ1v) is 7.11. The molecule has 0 unspecified atom stereocenters. The summed E-state index contributed by atoms with van der Waals surface area (Å²) < 4.78 is 32.0. The average molecular weight is 278 g/mol. The Morgan fingerprint density at radius 3 is 2.40 bits per heavy atom. The van der Waals surface area contributed by atoms with Crippen molar-refractivity contribution in [1.82, 2.24) is 0 Å². The first kappa shape index (κ1) is 13.9. The number of rotatable bonds is 1. The SMILES string of the molecule is CC1(C)OB(c2ccc3c(c2F)CCCO3)OC1(C)C. The second-order valence-corrected chi connectivity index (χ2v) is 6.49. The van der Waals surface area contributed by atoms with Crippen molar-refractivity contribution in [3.8, 4) is 5.75 Å². The van der Waals surface area contributed by atoms with Crippen LogP contribution in [0.5, 0.6) is 5.75 Å². The Labute approximate surface area is 119 Å². The maximum absolute atomic E-state index is 14.7. The molecular weight excluding hydrogens is 258 g/mol. The number of hydrogen-bond acceptors (Lipinski definition) is 3. The van der Waals surface area contributed by atoms with Crippen LogP contribution in [0.1, 0.15) is 39.7 Å². The topological polar surface area (TPSA) is 27.7 Å². The number of fused-ring (bicyclic) bond motifs is 1. The Bertz CT molecular complexity index is 526. The van der Waals surface area contributed by atoms with E-state index in [2.05, 4.69) is 0 Å². The van der Waals surface area contributed by atoms with E-state index in [1.165, 1.54) is 0 Å². The molecule has 1 fully saturated rings. The molecule has 0 atom stereocenters. The zero-order chi connectivity index (χ0) is 14.5. The van der Waals surface area contributed by atoms with Gasteiger partial charge in [-0.1, -0.05) is 6.07 Å². The highest BCUT2D eigenvalue weighted by Crippen LogP contribution is 2.37. The molecular formula is C15H20BFO3. The second-order valence-electron chi connectivity index (χ2n) is 6.49. The Kier molecular flexibility index (Phi) is 3.10. The van der Waals surface area contributed by atoms with Crippen molar-refractivity contribution in [3.63, 3.8) is 0 Å². The molecule has 0 aromatic heterocycles. The van der Waals surface area contributed by atoms with Gasteiger partial charge in [0, 0.05) is 11.0 Å². The van der Waals surface area contributed by atoms with Crippen LogP contribution in [0.3, 0.4) is 0 Å². The van der Waals surface area contributed by atoms with Crippen LogP contribution in [-0.4, -0.2) is 24.9 Å². The fourth-order valence-corrected chi connectivity index (χ4v) is 2.57. The summed E-state index contributed by atoms with van der Waals surface area (Å²) in [5.74, 6) is 0.398. The summed E-state index contributed by atoms with van der Waals surface area (Å²) in [5, 5.41) is 0. The maximum Gasteiger partial charge on any atom is 0.497 e. The molecule has 2 aliphatic rings.